The molecule has 1 unspecified atom stereocenters. The fourth-order valence-corrected chi connectivity index (χ4v) is 6.35. The highest BCUT2D eigenvalue weighted by Crippen LogP contribution is 2.47. The predicted octanol–water partition coefficient (Wildman–Crippen LogP) is 7.19. The van der Waals surface area contributed by atoms with Crippen LogP contribution in [0.25, 0.3) is 0 Å². The van der Waals surface area contributed by atoms with Crippen LogP contribution >= 0.6 is 24.2 Å². The molecular weight excluding hydrogens is 544 g/mol. The summed E-state index contributed by atoms with van der Waals surface area (Å²) in [5.41, 5.74) is 4.76. The Bertz CT molecular complexity index is 1310. The van der Waals surface area contributed by atoms with Crippen LogP contribution in [0.3, 0.4) is 0 Å². The second-order valence-corrected chi connectivity index (χ2v) is 11.3. The molecule has 40 heavy (non-hydrogen) atoms. The summed E-state index contributed by atoms with van der Waals surface area (Å²) in [6.07, 6.45) is 3.66. The van der Waals surface area contributed by atoms with Crippen molar-refractivity contribution >= 4 is 24.2 Å². The molecule has 0 amide bonds. The molecular formula is C32H39ClN2O4S. The van der Waals surface area contributed by atoms with E-state index in [1.165, 1.54) is 16.7 Å². The lowest BCUT2D eigenvalue weighted by Crippen LogP contribution is -2.31. The van der Waals surface area contributed by atoms with Crippen LogP contribution in [0, 0.1) is 18.3 Å². The van der Waals surface area contributed by atoms with E-state index in [2.05, 4.69) is 54.3 Å². The molecule has 6 nitrogen and oxygen atoms in total. The zero-order chi connectivity index (χ0) is 27.8. The number of methoxy groups -OCH3 is 4. The van der Waals surface area contributed by atoms with E-state index >= 15 is 0 Å². The van der Waals surface area contributed by atoms with Crippen molar-refractivity contribution in [1.29, 1.82) is 5.26 Å². The third-order valence-electron chi connectivity index (χ3n) is 7.39. The van der Waals surface area contributed by atoms with Crippen molar-refractivity contribution in [3.05, 3.63) is 76.9 Å². The van der Waals surface area contributed by atoms with Gasteiger partial charge in [0.2, 0.25) is 0 Å². The summed E-state index contributed by atoms with van der Waals surface area (Å²) in [5.74, 6) is 2.87. The molecule has 1 aliphatic heterocycles. The van der Waals surface area contributed by atoms with Gasteiger partial charge in [0.05, 0.1) is 34.5 Å². The third-order valence-corrected chi connectivity index (χ3v) is 8.78. The van der Waals surface area contributed by atoms with Gasteiger partial charge in [0.15, 0.2) is 23.0 Å². The number of rotatable bonds is 12. The van der Waals surface area contributed by atoms with Crippen LogP contribution in [0.5, 0.6) is 23.0 Å². The molecule has 0 bridgehead atoms. The smallest absolute Gasteiger partial charge is 0.161 e. The Kier molecular flexibility index (Phi) is 11.4. The summed E-state index contributed by atoms with van der Waals surface area (Å²) in [4.78, 5) is 3.57. The van der Waals surface area contributed by atoms with Crippen molar-refractivity contribution in [2.45, 2.75) is 48.8 Å². The number of ether oxygens (including phenoxy) is 4. The van der Waals surface area contributed by atoms with Gasteiger partial charge in [0.25, 0.3) is 0 Å². The SMILES string of the molecule is COc1ccc(C(C#N)(CCCCN2CCc3cc(OC)c(OC)cc3C2)Sc2ccc(C)cc2)cc1OC.Cl. The highest BCUT2D eigenvalue weighted by atomic mass is 35.5. The number of fused-ring (bicyclic) bond motifs is 1. The van der Waals surface area contributed by atoms with Crippen molar-refractivity contribution in [2.24, 2.45) is 0 Å². The summed E-state index contributed by atoms with van der Waals surface area (Å²) in [6.45, 7) is 4.97. The summed E-state index contributed by atoms with van der Waals surface area (Å²) >= 11 is 1.62. The predicted molar refractivity (Wildman–Crippen MR) is 163 cm³/mol. The Balaban J connectivity index is 0.00000441. The first-order valence-electron chi connectivity index (χ1n) is 13.3. The van der Waals surface area contributed by atoms with Gasteiger partial charge in [-0.05, 0) is 92.2 Å². The van der Waals surface area contributed by atoms with Gasteiger partial charge in [0.1, 0.15) is 4.75 Å². The fourth-order valence-electron chi connectivity index (χ4n) is 5.13. The molecule has 0 N–H and O–H groups in total. The van der Waals surface area contributed by atoms with Crippen LogP contribution in [0.1, 0.15) is 41.5 Å². The minimum Gasteiger partial charge on any atom is -0.493 e. The van der Waals surface area contributed by atoms with Gasteiger partial charge in [-0.25, -0.2) is 0 Å². The summed E-state index contributed by atoms with van der Waals surface area (Å²) in [7, 11) is 6.62. The number of aryl methyl sites for hydroxylation is 1. The van der Waals surface area contributed by atoms with E-state index in [-0.39, 0.29) is 12.4 Å². The molecule has 0 fully saturated rings. The number of hydrogen-bond acceptors (Lipinski definition) is 7. The maximum absolute atomic E-state index is 10.6. The van der Waals surface area contributed by atoms with Crippen LogP contribution in [-0.4, -0.2) is 46.4 Å². The lowest BCUT2D eigenvalue weighted by atomic mass is 9.93. The fraction of sp³-hybridized carbons (Fsp3) is 0.406. The van der Waals surface area contributed by atoms with Crippen molar-refractivity contribution < 1.29 is 18.9 Å². The van der Waals surface area contributed by atoms with Gasteiger partial charge >= 0.3 is 0 Å². The molecule has 3 aromatic carbocycles. The van der Waals surface area contributed by atoms with Crippen LogP contribution in [0.2, 0.25) is 0 Å². The zero-order valence-electron chi connectivity index (χ0n) is 24.0. The molecule has 214 valence electrons. The van der Waals surface area contributed by atoms with E-state index in [1.807, 2.05) is 18.2 Å². The topological polar surface area (TPSA) is 64.0 Å². The van der Waals surface area contributed by atoms with Gasteiger partial charge in [-0.2, -0.15) is 5.26 Å². The van der Waals surface area contributed by atoms with E-state index in [4.69, 9.17) is 18.9 Å². The number of nitriles is 1. The molecule has 8 heteroatoms. The molecule has 1 atom stereocenters. The van der Waals surface area contributed by atoms with Gasteiger partial charge in [0, 0.05) is 18.0 Å². The van der Waals surface area contributed by atoms with Crippen molar-refractivity contribution in [1.82, 2.24) is 4.90 Å². The van der Waals surface area contributed by atoms with Crippen LogP contribution < -0.4 is 18.9 Å². The standard InChI is InChI=1S/C32H38N2O4S.ClH/c1-23-8-11-27(12-9-23)39-32(22-33,26-10-13-28(35-2)31(20-26)38-5)15-6-7-16-34-17-14-24-18-29(36-3)30(37-4)19-25(24)21-34;/h8-13,18-20H,6-7,14-17,21H2,1-5H3;1H. The van der Waals surface area contributed by atoms with Crippen molar-refractivity contribution in [3.8, 4) is 29.1 Å². The average molecular weight is 583 g/mol. The second kappa shape index (κ2) is 14.5. The van der Waals surface area contributed by atoms with Gasteiger partial charge in [-0.3, -0.25) is 4.90 Å². The third kappa shape index (κ3) is 7.17. The largest absolute Gasteiger partial charge is 0.493 e. The second-order valence-electron chi connectivity index (χ2n) is 9.88. The minimum atomic E-state index is -0.743. The maximum Gasteiger partial charge on any atom is 0.161 e. The van der Waals surface area contributed by atoms with E-state index in [9.17, 15) is 5.26 Å². The summed E-state index contributed by atoms with van der Waals surface area (Å²) < 4.78 is 21.3. The first-order chi connectivity index (χ1) is 18.9. The Labute approximate surface area is 249 Å². The summed E-state index contributed by atoms with van der Waals surface area (Å²) in [5, 5.41) is 10.6. The van der Waals surface area contributed by atoms with E-state index in [0.717, 1.165) is 67.3 Å². The molecule has 4 rings (SSSR count). The van der Waals surface area contributed by atoms with E-state index < -0.39 is 4.75 Å². The number of unbranched alkanes of at least 4 members (excludes halogenated alkanes) is 1. The molecule has 0 aromatic heterocycles. The number of nitrogens with zero attached hydrogens (tertiary/aromatic N) is 2. The lowest BCUT2D eigenvalue weighted by molar-refractivity contribution is 0.246. The average Bonchev–Trinajstić information content (AvgIpc) is 2.98. The van der Waals surface area contributed by atoms with Gasteiger partial charge in [-0.15, -0.1) is 12.4 Å². The number of hydrogen-bond donors (Lipinski definition) is 0. The molecule has 0 aliphatic carbocycles. The normalized spacial score (nSPS) is 14.2. The lowest BCUT2D eigenvalue weighted by Gasteiger charge is -2.30. The molecule has 1 heterocycles. The molecule has 1 aliphatic rings. The molecule has 0 saturated carbocycles. The first kappa shape index (κ1) is 31.5. The number of thioether (sulfide) groups is 1. The van der Waals surface area contributed by atoms with Crippen LogP contribution in [-0.2, 0) is 17.7 Å². The molecule has 0 spiro atoms. The first-order valence-corrected chi connectivity index (χ1v) is 14.1. The molecule has 0 saturated heterocycles. The quantitative estimate of drug-likeness (QED) is 0.165. The number of halogens is 1. The van der Waals surface area contributed by atoms with Gasteiger partial charge < -0.3 is 18.9 Å². The van der Waals surface area contributed by atoms with E-state index in [0.29, 0.717) is 11.5 Å². The highest BCUT2D eigenvalue weighted by molar-refractivity contribution is 8.00. The van der Waals surface area contributed by atoms with Crippen molar-refractivity contribution in [3.63, 3.8) is 0 Å². The van der Waals surface area contributed by atoms with Crippen LogP contribution in [0.4, 0.5) is 0 Å². The van der Waals surface area contributed by atoms with Crippen molar-refractivity contribution in [2.75, 3.05) is 41.5 Å². The van der Waals surface area contributed by atoms with Crippen LogP contribution in [0.15, 0.2) is 59.5 Å². The Morgan fingerprint density at radius 2 is 1.45 bits per heavy atom. The highest BCUT2D eigenvalue weighted by Gasteiger charge is 2.34. The minimum absolute atomic E-state index is 0. The zero-order valence-corrected chi connectivity index (χ0v) is 25.6. The Morgan fingerprint density at radius 3 is 2.08 bits per heavy atom. The Morgan fingerprint density at radius 1 is 0.825 bits per heavy atom. The Hall–Kier alpha value is -3.05. The van der Waals surface area contributed by atoms with Gasteiger partial charge in [-0.1, -0.05) is 35.5 Å². The maximum atomic E-state index is 10.6. The molecule has 0 radical (unpaired) electrons. The number of benzene rings is 3. The molecule has 3 aromatic rings. The summed E-state index contributed by atoms with van der Waals surface area (Å²) in [6, 6.07) is 21.1. The van der Waals surface area contributed by atoms with E-state index in [1.54, 1.807) is 40.2 Å². The monoisotopic (exact) mass is 582 g/mol.